The summed E-state index contributed by atoms with van der Waals surface area (Å²) in [5.41, 5.74) is 0. The lowest BCUT2D eigenvalue weighted by atomic mass is 10.0. The standard InChI is InChI=1S/C16H29N3O3/c1-4-11-19(3)13(16(21)22)7-5-6-9-18-15(20)14-12(2)8-10-17-14/h10,12-14H,4-9,11H2,1-3H3,(H,18,20)(H,21,22)/t12-,13+,14-/m1/s1. The van der Waals surface area contributed by atoms with Crippen molar-refractivity contribution in [2.75, 3.05) is 20.1 Å². The number of nitrogens with zero attached hydrogens (tertiary/aromatic N) is 2. The summed E-state index contributed by atoms with van der Waals surface area (Å²) < 4.78 is 0. The van der Waals surface area contributed by atoms with Gasteiger partial charge in [0.15, 0.2) is 0 Å². The average molecular weight is 311 g/mol. The first kappa shape index (κ1) is 18.6. The number of carbonyl (C=O) groups excluding carboxylic acids is 1. The van der Waals surface area contributed by atoms with Gasteiger partial charge in [0.2, 0.25) is 5.91 Å². The molecule has 6 heteroatoms. The molecule has 6 nitrogen and oxygen atoms in total. The van der Waals surface area contributed by atoms with Crippen molar-refractivity contribution < 1.29 is 14.7 Å². The summed E-state index contributed by atoms with van der Waals surface area (Å²) in [6.07, 6.45) is 5.81. The van der Waals surface area contributed by atoms with Crippen molar-refractivity contribution in [2.45, 2.75) is 58.0 Å². The van der Waals surface area contributed by atoms with Crippen molar-refractivity contribution in [2.24, 2.45) is 10.9 Å². The smallest absolute Gasteiger partial charge is 0.320 e. The maximum Gasteiger partial charge on any atom is 0.320 e. The molecular weight excluding hydrogens is 282 g/mol. The van der Waals surface area contributed by atoms with E-state index < -0.39 is 12.0 Å². The Morgan fingerprint density at radius 3 is 2.73 bits per heavy atom. The average Bonchev–Trinajstić information content (AvgIpc) is 2.88. The lowest BCUT2D eigenvalue weighted by molar-refractivity contribution is -0.143. The van der Waals surface area contributed by atoms with Crippen LogP contribution in [0.25, 0.3) is 0 Å². The Hall–Kier alpha value is -1.43. The fraction of sp³-hybridized carbons (Fsp3) is 0.812. The number of hydrogen-bond donors (Lipinski definition) is 2. The molecule has 0 spiro atoms. The molecule has 0 aliphatic carbocycles. The summed E-state index contributed by atoms with van der Waals surface area (Å²) in [7, 11) is 1.85. The van der Waals surface area contributed by atoms with Crippen molar-refractivity contribution in [3.05, 3.63) is 0 Å². The van der Waals surface area contributed by atoms with E-state index in [1.807, 2.05) is 32.0 Å². The molecule has 0 fully saturated rings. The van der Waals surface area contributed by atoms with Gasteiger partial charge in [-0.15, -0.1) is 0 Å². The number of carboxylic acids is 1. The Labute approximate surface area is 133 Å². The molecule has 0 aromatic heterocycles. The number of rotatable bonds is 10. The van der Waals surface area contributed by atoms with Crippen LogP contribution in [-0.4, -0.2) is 60.3 Å². The predicted octanol–water partition coefficient (Wildman–Crippen LogP) is 1.55. The number of carbonyl (C=O) groups is 2. The van der Waals surface area contributed by atoms with Crippen LogP contribution in [0, 0.1) is 5.92 Å². The van der Waals surface area contributed by atoms with Crippen molar-refractivity contribution in [3.63, 3.8) is 0 Å². The predicted molar refractivity (Wildman–Crippen MR) is 87.3 cm³/mol. The van der Waals surface area contributed by atoms with Gasteiger partial charge in [0.05, 0.1) is 0 Å². The second kappa shape index (κ2) is 9.56. The molecule has 1 aliphatic heterocycles. The van der Waals surface area contributed by atoms with Gasteiger partial charge in [0, 0.05) is 12.8 Å². The molecule has 22 heavy (non-hydrogen) atoms. The molecule has 0 unspecified atom stereocenters. The van der Waals surface area contributed by atoms with Crippen molar-refractivity contribution in [3.8, 4) is 0 Å². The molecule has 3 atom stereocenters. The fourth-order valence-corrected chi connectivity index (χ4v) is 2.76. The number of nitrogens with one attached hydrogen (secondary N) is 1. The van der Waals surface area contributed by atoms with E-state index in [9.17, 15) is 14.7 Å². The van der Waals surface area contributed by atoms with E-state index in [1.165, 1.54) is 0 Å². The van der Waals surface area contributed by atoms with E-state index >= 15 is 0 Å². The Morgan fingerprint density at radius 2 is 2.18 bits per heavy atom. The number of likely N-dealkylation sites (N-methyl/N-ethyl adjacent to an activating group) is 1. The third kappa shape index (κ3) is 5.75. The van der Waals surface area contributed by atoms with Gasteiger partial charge in [-0.2, -0.15) is 0 Å². The second-order valence-corrected chi connectivity index (χ2v) is 6.11. The molecule has 1 amide bonds. The third-order valence-corrected chi connectivity index (χ3v) is 4.15. The second-order valence-electron chi connectivity index (χ2n) is 6.11. The molecule has 1 aliphatic rings. The fourth-order valence-electron chi connectivity index (χ4n) is 2.76. The first-order valence-electron chi connectivity index (χ1n) is 8.19. The zero-order chi connectivity index (χ0) is 16.5. The number of unbranched alkanes of at least 4 members (excludes halogenated alkanes) is 1. The quantitative estimate of drug-likeness (QED) is 0.600. The molecular formula is C16H29N3O3. The minimum atomic E-state index is -0.769. The molecule has 1 heterocycles. The lowest BCUT2D eigenvalue weighted by Crippen LogP contribution is -2.39. The van der Waals surface area contributed by atoms with Crippen molar-refractivity contribution in [1.29, 1.82) is 0 Å². The van der Waals surface area contributed by atoms with Crippen LogP contribution in [0.3, 0.4) is 0 Å². The van der Waals surface area contributed by atoms with Crippen LogP contribution in [0.4, 0.5) is 0 Å². The maximum atomic E-state index is 11.9. The Morgan fingerprint density at radius 1 is 1.45 bits per heavy atom. The van der Waals surface area contributed by atoms with Crippen molar-refractivity contribution in [1.82, 2.24) is 10.2 Å². The lowest BCUT2D eigenvalue weighted by Gasteiger charge is -2.24. The van der Waals surface area contributed by atoms with Crippen LogP contribution >= 0.6 is 0 Å². The molecule has 0 saturated heterocycles. The third-order valence-electron chi connectivity index (χ3n) is 4.15. The Balaban J connectivity index is 2.22. The number of hydrogen-bond acceptors (Lipinski definition) is 4. The molecule has 0 saturated carbocycles. The summed E-state index contributed by atoms with van der Waals surface area (Å²) in [5.74, 6) is -0.507. The molecule has 1 rings (SSSR count). The van der Waals surface area contributed by atoms with Gasteiger partial charge in [-0.05, 0) is 51.6 Å². The summed E-state index contributed by atoms with van der Waals surface area (Å²) in [4.78, 5) is 29.3. The van der Waals surface area contributed by atoms with Crippen LogP contribution in [0.2, 0.25) is 0 Å². The summed E-state index contributed by atoms with van der Waals surface area (Å²) in [6.45, 7) is 5.43. The first-order valence-corrected chi connectivity index (χ1v) is 8.19. The van der Waals surface area contributed by atoms with Crippen LogP contribution in [0.5, 0.6) is 0 Å². The SMILES string of the molecule is CCCN(C)[C@@H](CCCCNC(=O)[C@@H]1N=CC[C@H]1C)C(=O)O. The van der Waals surface area contributed by atoms with E-state index in [0.717, 1.165) is 32.2 Å². The van der Waals surface area contributed by atoms with Crippen LogP contribution in [0.15, 0.2) is 4.99 Å². The van der Waals surface area contributed by atoms with Crippen molar-refractivity contribution >= 4 is 18.1 Å². The van der Waals surface area contributed by atoms with Gasteiger partial charge in [0.25, 0.3) is 0 Å². The number of amides is 1. The summed E-state index contributed by atoms with van der Waals surface area (Å²) >= 11 is 0. The van der Waals surface area contributed by atoms with Gasteiger partial charge in [0.1, 0.15) is 12.1 Å². The number of aliphatic imine (C=N–C) groups is 1. The van der Waals surface area contributed by atoms with Crippen LogP contribution < -0.4 is 5.32 Å². The minimum Gasteiger partial charge on any atom is -0.480 e. The first-order chi connectivity index (χ1) is 10.5. The van der Waals surface area contributed by atoms with Gasteiger partial charge >= 0.3 is 5.97 Å². The highest BCUT2D eigenvalue weighted by atomic mass is 16.4. The molecule has 0 aromatic rings. The molecule has 0 aromatic carbocycles. The van der Waals surface area contributed by atoms with E-state index in [0.29, 0.717) is 13.0 Å². The zero-order valence-electron chi connectivity index (χ0n) is 13.9. The normalized spacial score (nSPS) is 22.0. The highest BCUT2D eigenvalue weighted by Gasteiger charge is 2.26. The van der Waals surface area contributed by atoms with Gasteiger partial charge in [-0.1, -0.05) is 13.8 Å². The van der Waals surface area contributed by atoms with E-state index in [4.69, 9.17) is 0 Å². The maximum absolute atomic E-state index is 11.9. The molecule has 0 radical (unpaired) electrons. The number of aliphatic carboxylic acids is 1. The van der Waals surface area contributed by atoms with E-state index in [-0.39, 0.29) is 17.9 Å². The number of carboxylic acid groups (broad SMARTS) is 1. The molecule has 126 valence electrons. The molecule has 2 N–H and O–H groups in total. The monoisotopic (exact) mass is 311 g/mol. The highest BCUT2D eigenvalue weighted by Crippen LogP contribution is 2.16. The summed E-state index contributed by atoms with van der Waals surface area (Å²) in [5, 5.41) is 12.2. The van der Waals surface area contributed by atoms with E-state index in [1.54, 1.807) is 0 Å². The topological polar surface area (TPSA) is 82.0 Å². The van der Waals surface area contributed by atoms with Gasteiger partial charge < -0.3 is 10.4 Å². The Bertz CT molecular complexity index is 398. The van der Waals surface area contributed by atoms with Crippen LogP contribution in [0.1, 0.15) is 46.0 Å². The van der Waals surface area contributed by atoms with Crippen LogP contribution in [-0.2, 0) is 9.59 Å². The summed E-state index contributed by atoms with van der Waals surface area (Å²) in [6, 6.07) is -0.683. The largest absolute Gasteiger partial charge is 0.480 e. The molecule has 0 bridgehead atoms. The minimum absolute atomic E-state index is 0.0147. The Kier molecular flexibility index (Phi) is 8.09. The van der Waals surface area contributed by atoms with E-state index in [2.05, 4.69) is 10.3 Å². The highest BCUT2D eigenvalue weighted by molar-refractivity contribution is 5.85. The van der Waals surface area contributed by atoms with Gasteiger partial charge in [-0.25, -0.2) is 0 Å². The van der Waals surface area contributed by atoms with Gasteiger partial charge in [-0.3, -0.25) is 19.5 Å². The zero-order valence-corrected chi connectivity index (χ0v) is 13.9.